The van der Waals surface area contributed by atoms with Crippen molar-refractivity contribution in [2.24, 2.45) is 39.9 Å². The molecule has 0 aliphatic carbocycles. The van der Waals surface area contributed by atoms with Gasteiger partial charge < -0.3 is 0 Å². The van der Waals surface area contributed by atoms with Gasteiger partial charge in [0, 0.05) is 17.1 Å². The van der Waals surface area contributed by atoms with E-state index >= 15 is 0 Å². The second kappa shape index (κ2) is 6.04. The van der Waals surface area contributed by atoms with Crippen molar-refractivity contribution < 1.29 is 17.1 Å². The van der Waals surface area contributed by atoms with Gasteiger partial charge in [-0.15, -0.1) is 0 Å². The zero-order valence-corrected chi connectivity index (χ0v) is 13.7. The molecule has 0 aromatic carbocycles. The third-order valence-corrected chi connectivity index (χ3v) is 3.36. The molecule has 5 heterocycles. The summed E-state index contributed by atoms with van der Waals surface area (Å²) in [5, 5.41) is 0. The van der Waals surface area contributed by atoms with Crippen molar-refractivity contribution in [2.75, 3.05) is 0 Å². The largest absolute Gasteiger partial charge is 0.209 e. The topological polar surface area (TPSA) is 98.9 Å². The van der Waals surface area contributed by atoms with Crippen molar-refractivity contribution in [3.8, 4) is 0 Å². The van der Waals surface area contributed by atoms with Crippen molar-refractivity contribution >= 4 is 46.7 Å². The van der Waals surface area contributed by atoms with Gasteiger partial charge in [0.05, 0.1) is 0 Å². The number of fused-ring (bicyclic) bond motifs is 4. The van der Waals surface area contributed by atoms with Gasteiger partial charge >= 0.3 is 0 Å². The van der Waals surface area contributed by atoms with Gasteiger partial charge in [-0.1, -0.05) is 0 Å². The molecule has 120 valence electrons. The average Bonchev–Trinajstić information content (AvgIpc) is 3.32. The summed E-state index contributed by atoms with van der Waals surface area (Å²) in [5.74, 6) is 4.30. The minimum atomic E-state index is 0. The maximum Gasteiger partial charge on any atom is 0.156 e. The molecule has 8 bridgehead atoms. The summed E-state index contributed by atoms with van der Waals surface area (Å²) in [5.41, 5.74) is 0. The molecule has 0 saturated heterocycles. The fourth-order valence-electron chi connectivity index (χ4n) is 2.33. The minimum absolute atomic E-state index is 0. The van der Waals surface area contributed by atoms with Crippen LogP contribution in [-0.4, -0.2) is 46.7 Å². The zero-order chi connectivity index (χ0) is 15.9. The Labute approximate surface area is 152 Å². The van der Waals surface area contributed by atoms with E-state index in [1.807, 2.05) is 0 Å². The minimum Gasteiger partial charge on any atom is -0.209 e. The van der Waals surface area contributed by atoms with Crippen LogP contribution in [0.2, 0.25) is 0 Å². The average molecular weight is 368 g/mol. The van der Waals surface area contributed by atoms with E-state index in [-0.39, 0.29) is 17.1 Å². The predicted molar refractivity (Wildman–Crippen MR) is 96.0 cm³/mol. The molecule has 0 radical (unpaired) electrons. The van der Waals surface area contributed by atoms with Crippen molar-refractivity contribution in [2.45, 2.75) is 0 Å². The number of hydrogen-bond acceptors (Lipinski definition) is 8. The number of amidine groups is 8. The Bertz CT molecular complexity index is 854. The monoisotopic (exact) mass is 368 g/mol. The van der Waals surface area contributed by atoms with Crippen LogP contribution >= 0.6 is 0 Å². The van der Waals surface area contributed by atoms with E-state index in [4.69, 9.17) is 0 Å². The molecule has 9 heteroatoms. The standard InChI is InChI=1S/C16H8N8.Fe/c1-2-10-17-9(1)21-11-3-4-13(18-11)23-15-7-8-16(20-15)24-14-6-5-12(19-14)22-10;/h1-8H;/b21-9-,21-11?,22-10?,22-12-,23-13-,23-15?,24-14?,24-16-;. The summed E-state index contributed by atoms with van der Waals surface area (Å²) in [6, 6.07) is 0. The van der Waals surface area contributed by atoms with Crippen molar-refractivity contribution in [3.05, 3.63) is 48.6 Å². The van der Waals surface area contributed by atoms with E-state index in [2.05, 4.69) is 39.9 Å². The van der Waals surface area contributed by atoms with Crippen LogP contribution in [0.1, 0.15) is 0 Å². The van der Waals surface area contributed by atoms with Gasteiger partial charge in [0.2, 0.25) is 0 Å². The Morgan fingerprint density at radius 1 is 0.280 bits per heavy atom. The fourth-order valence-corrected chi connectivity index (χ4v) is 2.33. The summed E-state index contributed by atoms with van der Waals surface area (Å²) in [7, 11) is 0. The fraction of sp³-hybridized carbons (Fsp3) is 0. The third-order valence-electron chi connectivity index (χ3n) is 3.36. The molecule has 0 aromatic rings. The number of nitrogens with zero attached hydrogens (tertiary/aromatic N) is 8. The van der Waals surface area contributed by atoms with E-state index in [1.165, 1.54) is 0 Å². The van der Waals surface area contributed by atoms with Gasteiger partial charge in [-0.2, -0.15) is 0 Å². The van der Waals surface area contributed by atoms with Crippen molar-refractivity contribution in [3.63, 3.8) is 0 Å². The molecular formula is C16H8FeN8. The van der Waals surface area contributed by atoms with Gasteiger partial charge in [-0.25, -0.2) is 39.9 Å². The molecule has 0 aromatic heterocycles. The summed E-state index contributed by atoms with van der Waals surface area (Å²) >= 11 is 0. The molecule has 0 spiro atoms. The van der Waals surface area contributed by atoms with Crippen LogP contribution in [0.5, 0.6) is 0 Å². The summed E-state index contributed by atoms with van der Waals surface area (Å²) in [4.78, 5) is 34.8. The van der Waals surface area contributed by atoms with Gasteiger partial charge in [-0.3, -0.25) is 0 Å². The number of rotatable bonds is 0. The number of hydrogen-bond donors (Lipinski definition) is 0. The van der Waals surface area contributed by atoms with Gasteiger partial charge in [0.25, 0.3) is 0 Å². The molecule has 0 amide bonds. The Hall–Kier alpha value is -3.16. The molecule has 0 saturated carbocycles. The van der Waals surface area contributed by atoms with E-state index in [1.54, 1.807) is 48.6 Å². The number of aliphatic imine (C=N–C) groups is 8. The maximum atomic E-state index is 4.37. The van der Waals surface area contributed by atoms with Crippen LogP contribution in [0, 0.1) is 0 Å². The van der Waals surface area contributed by atoms with Crippen LogP contribution < -0.4 is 0 Å². The van der Waals surface area contributed by atoms with Crippen molar-refractivity contribution in [1.29, 1.82) is 0 Å². The van der Waals surface area contributed by atoms with E-state index in [0.717, 1.165) is 0 Å². The smallest absolute Gasteiger partial charge is 0.156 e. The van der Waals surface area contributed by atoms with E-state index in [9.17, 15) is 0 Å². The second-order valence-electron chi connectivity index (χ2n) is 5.09. The first kappa shape index (κ1) is 15.4. The summed E-state index contributed by atoms with van der Waals surface area (Å²) in [6.07, 6.45) is 14.2. The predicted octanol–water partition coefficient (Wildman–Crippen LogP) is 1.46. The molecular weight excluding hydrogens is 360 g/mol. The van der Waals surface area contributed by atoms with Gasteiger partial charge in [0.1, 0.15) is 0 Å². The third kappa shape index (κ3) is 3.10. The summed E-state index contributed by atoms with van der Waals surface area (Å²) in [6.45, 7) is 0. The van der Waals surface area contributed by atoms with Crippen LogP contribution in [0.15, 0.2) is 88.5 Å². The molecule has 0 N–H and O–H groups in total. The molecule has 0 unspecified atom stereocenters. The zero-order valence-electron chi connectivity index (χ0n) is 12.6. The maximum absolute atomic E-state index is 4.37. The van der Waals surface area contributed by atoms with Crippen LogP contribution in [-0.2, 0) is 17.1 Å². The molecule has 0 atom stereocenters. The molecule has 25 heavy (non-hydrogen) atoms. The Morgan fingerprint density at radius 2 is 0.400 bits per heavy atom. The van der Waals surface area contributed by atoms with Crippen LogP contribution in [0.3, 0.4) is 0 Å². The molecule has 5 aliphatic heterocycles. The molecule has 0 fully saturated rings. The van der Waals surface area contributed by atoms with Gasteiger partial charge in [-0.05, 0) is 48.6 Å². The Kier molecular flexibility index (Phi) is 3.72. The normalized spacial score (nSPS) is 30.1. The first-order chi connectivity index (χ1) is 11.8. The Balaban J connectivity index is 0.00000157. The first-order valence-electron chi connectivity index (χ1n) is 7.22. The van der Waals surface area contributed by atoms with Gasteiger partial charge in [0.15, 0.2) is 46.7 Å². The molecule has 8 nitrogen and oxygen atoms in total. The SMILES string of the molecule is C1=C/C2=N/C3=NC(=N\C4=NC(=N\C5=NC(=N\C1=N2)/C=C5)/C=C4)/C=C3.[Fe]. The van der Waals surface area contributed by atoms with E-state index < -0.39 is 0 Å². The second-order valence-corrected chi connectivity index (χ2v) is 5.09. The Morgan fingerprint density at radius 3 is 0.520 bits per heavy atom. The molecule has 5 rings (SSSR count). The van der Waals surface area contributed by atoms with Crippen LogP contribution in [0.4, 0.5) is 0 Å². The summed E-state index contributed by atoms with van der Waals surface area (Å²) < 4.78 is 0. The van der Waals surface area contributed by atoms with Crippen LogP contribution in [0.25, 0.3) is 0 Å². The van der Waals surface area contributed by atoms with E-state index in [0.29, 0.717) is 46.7 Å². The van der Waals surface area contributed by atoms with Crippen molar-refractivity contribution in [1.82, 2.24) is 0 Å². The molecule has 5 aliphatic rings. The quantitative estimate of drug-likeness (QED) is 0.579. The first-order valence-corrected chi connectivity index (χ1v) is 7.22.